The number of halogens is 1. The molecule has 0 aliphatic carbocycles. The minimum Gasteiger partial charge on any atom is -0.264 e. The molecular weight excluding hydrogens is 451 g/mol. The Bertz CT molecular complexity index is 1290. The second kappa shape index (κ2) is 9.48. The van der Waals surface area contributed by atoms with Gasteiger partial charge < -0.3 is 0 Å². The Kier molecular flexibility index (Phi) is 7.12. The molecule has 0 radical (unpaired) electrons. The molecule has 1 N–H and O–H groups in total. The lowest BCUT2D eigenvalue weighted by Crippen LogP contribution is -2.32. The van der Waals surface area contributed by atoms with Crippen molar-refractivity contribution >= 4 is 19.9 Å². The molecule has 0 fully saturated rings. The number of aromatic nitrogens is 1. The van der Waals surface area contributed by atoms with Gasteiger partial charge in [0.1, 0.15) is 11.1 Å². The molecule has 1 unspecified atom stereocenters. The number of rotatable bonds is 8. The van der Waals surface area contributed by atoms with Gasteiger partial charge in [0.15, 0.2) is 9.84 Å². The number of nitrogens with zero attached hydrogens (tertiary/aromatic N) is 1. The predicted octanol–water partition coefficient (Wildman–Crippen LogP) is 4.15. The molecule has 1 aromatic heterocycles. The fraction of sp³-hybridized carbons (Fsp3) is 0.261. The summed E-state index contributed by atoms with van der Waals surface area (Å²) in [4.78, 5) is 3.92. The molecule has 6 nitrogen and oxygen atoms in total. The highest BCUT2D eigenvalue weighted by atomic mass is 32.2. The van der Waals surface area contributed by atoms with Crippen molar-refractivity contribution in [3.05, 3.63) is 89.5 Å². The number of sulfonamides is 1. The van der Waals surface area contributed by atoms with E-state index in [4.69, 9.17) is 0 Å². The van der Waals surface area contributed by atoms with E-state index in [1.54, 1.807) is 24.3 Å². The Morgan fingerprint density at radius 3 is 2.16 bits per heavy atom. The van der Waals surface area contributed by atoms with Gasteiger partial charge in [-0.2, -0.15) is 0 Å². The van der Waals surface area contributed by atoms with Crippen molar-refractivity contribution in [2.45, 2.75) is 41.7 Å². The molecule has 1 heterocycles. The molecule has 0 amide bonds. The first kappa shape index (κ1) is 24.0. The van der Waals surface area contributed by atoms with Gasteiger partial charge in [-0.3, -0.25) is 4.98 Å². The summed E-state index contributed by atoms with van der Waals surface area (Å²) in [6.45, 7) is 5.07. The molecular formula is C23H25FN2O4S2. The van der Waals surface area contributed by atoms with Crippen molar-refractivity contribution in [3.63, 3.8) is 0 Å². The lowest BCUT2D eigenvalue weighted by atomic mass is 10.0. The van der Waals surface area contributed by atoms with Crippen LogP contribution in [0.2, 0.25) is 0 Å². The molecule has 1 atom stereocenters. The molecule has 0 bridgehead atoms. The topological polar surface area (TPSA) is 93.2 Å². The van der Waals surface area contributed by atoms with Gasteiger partial charge in [-0.05, 0) is 65.9 Å². The molecule has 32 heavy (non-hydrogen) atoms. The van der Waals surface area contributed by atoms with Gasteiger partial charge in [0, 0.05) is 18.9 Å². The van der Waals surface area contributed by atoms with Crippen molar-refractivity contribution in [3.8, 4) is 0 Å². The molecule has 2 aromatic carbocycles. The summed E-state index contributed by atoms with van der Waals surface area (Å²) in [7, 11) is -8.01. The van der Waals surface area contributed by atoms with Gasteiger partial charge in [0.2, 0.25) is 10.0 Å². The summed E-state index contributed by atoms with van der Waals surface area (Å²) in [5.41, 5.74) is 1.50. The summed E-state index contributed by atoms with van der Waals surface area (Å²) in [5, 5.41) is -1.24. The van der Waals surface area contributed by atoms with E-state index in [-0.39, 0.29) is 21.3 Å². The summed E-state index contributed by atoms with van der Waals surface area (Å²) in [6, 6.07) is 13.1. The van der Waals surface area contributed by atoms with Crippen LogP contribution in [0.1, 0.15) is 41.7 Å². The van der Waals surface area contributed by atoms with Crippen LogP contribution >= 0.6 is 0 Å². The van der Waals surface area contributed by atoms with Crippen LogP contribution in [0.4, 0.5) is 4.39 Å². The number of nitrogens with one attached hydrogen (secondary N) is 1. The number of pyridine rings is 1. The number of benzene rings is 2. The zero-order chi connectivity index (χ0) is 23.5. The molecule has 3 rings (SSSR count). The minimum atomic E-state index is -4.05. The van der Waals surface area contributed by atoms with E-state index >= 15 is 0 Å². The minimum absolute atomic E-state index is 0.0434. The maximum Gasteiger partial charge on any atom is 0.240 e. The average Bonchev–Trinajstić information content (AvgIpc) is 2.76. The van der Waals surface area contributed by atoms with E-state index in [2.05, 4.69) is 9.71 Å². The van der Waals surface area contributed by atoms with Gasteiger partial charge in [-0.1, -0.05) is 32.0 Å². The highest BCUT2D eigenvalue weighted by Gasteiger charge is 2.31. The van der Waals surface area contributed by atoms with Crippen LogP contribution in [0, 0.1) is 12.7 Å². The Balaban J connectivity index is 1.94. The third-order valence-electron chi connectivity index (χ3n) is 5.20. The van der Waals surface area contributed by atoms with Gasteiger partial charge >= 0.3 is 0 Å². The Labute approximate surface area is 188 Å². The summed E-state index contributed by atoms with van der Waals surface area (Å²) >= 11 is 0. The zero-order valence-electron chi connectivity index (χ0n) is 18.0. The third kappa shape index (κ3) is 5.23. The number of sulfone groups is 1. The van der Waals surface area contributed by atoms with E-state index in [9.17, 15) is 21.2 Å². The van der Waals surface area contributed by atoms with Gasteiger partial charge in [-0.15, -0.1) is 0 Å². The van der Waals surface area contributed by atoms with Gasteiger partial charge in [-0.25, -0.2) is 25.9 Å². The average molecular weight is 477 g/mol. The number of hydrogen-bond donors (Lipinski definition) is 1. The first-order chi connectivity index (χ1) is 15.0. The van der Waals surface area contributed by atoms with E-state index in [0.29, 0.717) is 5.56 Å². The monoisotopic (exact) mass is 476 g/mol. The normalized spacial score (nSPS) is 13.3. The fourth-order valence-electron chi connectivity index (χ4n) is 3.23. The van der Waals surface area contributed by atoms with Crippen LogP contribution in [0.5, 0.6) is 0 Å². The molecule has 0 aliphatic rings. The van der Waals surface area contributed by atoms with Crippen molar-refractivity contribution in [1.82, 2.24) is 9.71 Å². The van der Waals surface area contributed by atoms with Crippen molar-refractivity contribution in [1.29, 1.82) is 0 Å². The first-order valence-corrected chi connectivity index (χ1v) is 13.0. The van der Waals surface area contributed by atoms with E-state index in [0.717, 1.165) is 11.6 Å². The number of aryl methyl sites for hydroxylation is 1. The smallest absolute Gasteiger partial charge is 0.240 e. The highest BCUT2D eigenvalue weighted by Crippen LogP contribution is 2.29. The van der Waals surface area contributed by atoms with Crippen LogP contribution in [0.25, 0.3) is 0 Å². The number of hydrogen-bond acceptors (Lipinski definition) is 5. The second-order valence-electron chi connectivity index (χ2n) is 7.81. The van der Waals surface area contributed by atoms with Crippen LogP contribution in [-0.2, 0) is 19.9 Å². The van der Waals surface area contributed by atoms with Crippen molar-refractivity contribution in [2.75, 3.05) is 6.54 Å². The van der Waals surface area contributed by atoms with Crippen LogP contribution in [-0.4, -0.2) is 28.4 Å². The van der Waals surface area contributed by atoms with Crippen molar-refractivity contribution in [2.24, 2.45) is 0 Å². The maximum absolute atomic E-state index is 13.7. The first-order valence-electron chi connectivity index (χ1n) is 10.0. The van der Waals surface area contributed by atoms with Crippen LogP contribution < -0.4 is 4.72 Å². The largest absolute Gasteiger partial charge is 0.264 e. The van der Waals surface area contributed by atoms with Crippen molar-refractivity contribution < 1.29 is 21.2 Å². The fourth-order valence-corrected chi connectivity index (χ4v) is 6.11. The summed E-state index contributed by atoms with van der Waals surface area (Å²) in [5.74, 6) is -0.272. The zero-order valence-corrected chi connectivity index (χ0v) is 19.6. The molecule has 0 aliphatic heterocycles. The molecule has 9 heteroatoms. The quantitative estimate of drug-likeness (QED) is 0.493. The molecule has 0 saturated heterocycles. The van der Waals surface area contributed by atoms with E-state index in [1.165, 1.54) is 43.6 Å². The Hall–Kier alpha value is -2.62. The predicted molar refractivity (Wildman–Crippen MR) is 121 cm³/mol. The van der Waals surface area contributed by atoms with E-state index < -0.39 is 37.5 Å². The second-order valence-corrected chi connectivity index (χ2v) is 11.7. The molecule has 170 valence electrons. The summed E-state index contributed by atoms with van der Waals surface area (Å²) < 4.78 is 68.5. The molecule has 0 spiro atoms. The molecule has 0 saturated carbocycles. The van der Waals surface area contributed by atoms with Gasteiger partial charge in [0.25, 0.3) is 0 Å². The maximum atomic E-state index is 13.7. The Morgan fingerprint density at radius 1 is 0.938 bits per heavy atom. The SMILES string of the molecule is Cc1cc(S(=O)(=O)C(CNS(=O)(=O)c2ccc(C(C)C)cc2)c2cccnc2)ccc1F. The van der Waals surface area contributed by atoms with Crippen LogP contribution in [0.15, 0.2) is 76.8 Å². The standard InChI is InChI=1S/C23H25FN2O4S2/c1-16(2)18-6-8-20(9-7-18)32(29,30)26-15-23(19-5-4-12-25-14-19)31(27,28)21-10-11-22(24)17(3)13-21/h4-14,16,23,26H,15H2,1-3H3. The Morgan fingerprint density at radius 2 is 1.59 bits per heavy atom. The van der Waals surface area contributed by atoms with Gasteiger partial charge in [0.05, 0.1) is 9.79 Å². The lowest BCUT2D eigenvalue weighted by molar-refractivity contribution is 0.568. The van der Waals surface area contributed by atoms with E-state index in [1.807, 2.05) is 13.8 Å². The van der Waals surface area contributed by atoms with Crippen LogP contribution in [0.3, 0.4) is 0 Å². The highest BCUT2D eigenvalue weighted by molar-refractivity contribution is 7.92. The molecule has 3 aromatic rings. The summed E-state index contributed by atoms with van der Waals surface area (Å²) in [6.07, 6.45) is 2.87. The third-order valence-corrected chi connectivity index (χ3v) is 8.74. The lowest BCUT2D eigenvalue weighted by Gasteiger charge is -2.19.